The Morgan fingerprint density at radius 1 is 1.33 bits per heavy atom. The van der Waals surface area contributed by atoms with Gasteiger partial charge in [-0.25, -0.2) is 0 Å². The van der Waals surface area contributed by atoms with Gasteiger partial charge in [-0.2, -0.15) is 0 Å². The van der Waals surface area contributed by atoms with Gasteiger partial charge in [-0.05, 0) is 31.4 Å². The fourth-order valence-electron chi connectivity index (χ4n) is 2.50. The van der Waals surface area contributed by atoms with E-state index < -0.39 is 0 Å². The van der Waals surface area contributed by atoms with Crippen LogP contribution in [-0.4, -0.2) is 23.5 Å². The number of aromatic nitrogens is 1. The Morgan fingerprint density at radius 2 is 2.05 bits per heavy atom. The van der Waals surface area contributed by atoms with Crippen LogP contribution in [0.2, 0.25) is 0 Å². The first kappa shape index (κ1) is 15.4. The molecule has 112 valence electrons. The molecule has 4 nitrogen and oxygen atoms in total. The molecule has 1 unspecified atom stereocenters. The molecule has 0 saturated heterocycles. The number of aryl methyl sites for hydroxylation is 1. The third-order valence-electron chi connectivity index (χ3n) is 3.39. The van der Waals surface area contributed by atoms with Crippen LogP contribution < -0.4 is 11.1 Å². The van der Waals surface area contributed by atoms with E-state index in [-0.39, 0.29) is 11.9 Å². The number of amides is 1. The van der Waals surface area contributed by atoms with E-state index in [1.165, 1.54) is 0 Å². The van der Waals surface area contributed by atoms with Crippen LogP contribution in [0.4, 0.5) is 0 Å². The monoisotopic (exact) mass is 285 g/mol. The zero-order valence-corrected chi connectivity index (χ0v) is 12.9. The fraction of sp³-hybridized carbons (Fsp3) is 0.412. The van der Waals surface area contributed by atoms with Crippen LogP contribution in [0.25, 0.3) is 10.9 Å². The molecule has 0 aliphatic rings. The van der Waals surface area contributed by atoms with Gasteiger partial charge in [0.2, 0.25) is 0 Å². The number of rotatable bonds is 5. The van der Waals surface area contributed by atoms with Crippen LogP contribution in [-0.2, 0) is 0 Å². The number of carbonyl (C=O) groups is 1. The zero-order chi connectivity index (χ0) is 15.4. The lowest BCUT2D eigenvalue weighted by Crippen LogP contribution is -2.38. The zero-order valence-electron chi connectivity index (χ0n) is 12.9. The maximum Gasteiger partial charge on any atom is 0.252 e. The minimum Gasteiger partial charge on any atom is -0.350 e. The van der Waals surface area contributed by atoms with E-state index in [0.29, 0.717) is 18.0 Å². The van der Waals surface area contributed by atoms with Crippen molar-refractivity contribution in [3.05, 3.63) is 41.6 Å². The van der Waals surface area contributed by atoms with Gasteiger partial charge in [-0.15, -0.1) is 0 Å². The summed E-state index contributed by atoms with van der Waals surface area (Å²) in [5.41, 5.74) is 8.36. The first-order valence-corrected chi connectivity index (χ1v) is 7.37. The molecule has 4 heteroatoms. The maximum absolute atomic E-state index is 12.4. The highest BCUT2D eigenvalue weighted by Gasteiger charge is 2.13. The highest BCUT2D eigenvalue weighted by Crippen LogP contribution is 2.18. The number of hydrogen-bond donors (Lipinski definition) is 2. The quantitative estimate of drug-likeness (QED) is 0.887. The summed E-state index contributed by atoms with van der Waals surface area (Å²) >= 11 is 0. The average molecular weight is 285 g/mol. The van der Waals surface area contributed by atoms with Crippen molar-refractivity contribution in [2.24, 2.45) is 11.7 Å². The molecule has 0 saturated carbocycles. The second-order valence-corrected chi connectivity index (χ2v) is 5.93. The molecule has 0 fully saturated rings. The number of pyridine rings is 1. The molecule has 1 atom stereocenters. The molecule has 2 aromatic rings. The summed E-state index contributed by atoms with van der Waals surface area (Å²) in [6.07, 6.45) is 0.899. The second kappa shape index (κ2) is 6.68. The van der Waals surface area contributed by atoms with Crippen molar-refractivity contribution >= 4 is 16.8 Å². The van der Waals surface area contributed by atoms with Crippen LogP contribution >= 0.6 is 0 Å². The third-order valence-corrected chi connectivity index (χ3v) is 3.39. The summed E-state index contributed by atoms with van der Waals surface area (Å²) in [4.78, 5) is 16.9. The smallest absolute Gasteiger partial charge is 0.252 e. The van der Waals surface area contributed by atoms with Gasteiger partial charge in [0.25, 0.3) is 5.91 Å². The topological polar surface area (TPSA) is 68.0 Å². The standard InChI is InChI=1S/C17H23N3O/c1-11(2)8-13(18)10-19-17(21)15-9-12(3)20-16-7-5-4-6-14(15)16/h4-7,9,11,13H,8,10,18H2,1-3H3,(H,19,21). The summed E-state index contributed by atoms with van der Waals surface area (Å²) in [5.74, 6) is 0.441. The van der Waals surface area contributed by atoms with E-state index in [4.69, 9.17) is 5.73 Å². The molecule has 0 radical (unpaired) electrons. The second-order valence-electron chi connectivity index (χ2n) is 5.93. The minimum absolute atomic E-state index is 0.0110. The first-order valence-electron chi connectivity index (χ1n) is 7.37. The summed E-state index contributed by atoms with van der Waals surface area (Å²) < 4.78 is 0. The van der Waals surface area contributed by atoms with Crippen LogP contribution in [0.15, 0.2) is 30.3 Å². The number of nitrogens with zero attached hydrogens (tertiary/aromatic N) is 1. The Hall–Kier alpha value is -1.94. The molecular weight excluding hydrogens is 262 g/mol. The molecule has 2 rings (SSSR count). The van der Waals surface area contributed by atoms with Crippen molar-refractivity contribution in [1.29, 1.82) is 0 Å². The molecule has 1 aromatic heterocycles. The molecule has 0 aliphatic heterocycles. The molecule has 1 heterocycles. The molecular formula is C17H23N3O. The summed E-state index contributed by atoms with van der Waals surface area (Å²) in [6.45, 7) is 6.64. The molecule has 1 aromatic carbocycles. The molecule has 21 heavy (non-hydrogen) atoms. The van der Waals surface area contributed by atoms with Gasteiger partial charge in [-0.1, -0.05) is 32.0 Å². The SMILES string of the molecule is Cc1cc(C(=O)NCC(N)CC(C)C)c2ccccc2n1. The van der Waals surface area contributed by atoms with Gasteiger partial charge in [-0.3, -0.25) is 9.78 Å². The molecule has 0 aliphatic carbocycles. The highest BCUT2D eigenvalue weighted by atomic mass is 16.1. The minimum atomic E-state index is -0.0871. The summed E-state index contributed by atoms with van der Waals surface area (Å²) in [6, 6.07) is 9.50. The summed E-state index contributed by atoms with van der Waals surface area (Å²) in [7, 11) is 0. The lowest BCUT2D eigenvalue weighted by molar-refractivity contribution is 0.0951. The lowest BCUT2D eigenvalue weighted by atomic mass is 10.0. The van der Waals surface area contributed by atoms with E-state index in [1.54, 1.807) is 0 Å². The van der Waals surface area contributed by atoms with Gasteiger partial charge < -0.3 is 11.1 Å². The predicted octanol–water partition coefficient (Wildman–Crippen LogP) is 2.65. The fourth-order valence-corrected chi connectivity index (χ4v) is 2.50. The number of hydrogen-bond acceptors (Lipinski definition) is 3. The van der Waals surface area contributed by atoms with Gasteiger partial charge in [0.15, 0.2) is 0 Å². The van der Waals surface area contributed by atoms with Crippen LogP contribution in [0, 0.1) is 12.8 Å². The third kappa shape index (κ3) is 4.02. The Balaban J connectivity index is 2.16. The number of fused-ring (bicyclic) bond motifs is 1. The van der Waals surface area contributed by atoms with E-state index in [0.717, 1.165) is 23.0 Å². The van der Waals surface area contributed by atoms with E-state index in [1.807, 2.05) is 37.3 Å². The van der Waals surface area contributed by atoms with Gasteiger partial charge in [0.05, 0.1) is 11.1 Å². The van der Waals surface area contributed by atoms with Gasteiger partial charge in [0.1, 0.15) is 0 Å². The van der Waals surface area contributed by atoms with Crippen molar-refractivity contribution in [2.75, 3.05) is 6.54 Å². The number of benzene rings is 1. The highest BCUT2D eigenvalue weighted by molar-refractivity contribution is 6.06. The summed E-state index contributed by atoms with van der Waals surface area (Å²) in [5, 5.41) is 3.80. The normalized spacial score (nSPS) is 12.6. The molecule has 0 spiro atoms. The first-order chi connectivity index (χ1) is 9.97. The van der Waals surface area contributed by atoms with Gasteiger partial charge in [0, 0.05) is 23.7 Å². The van der Waals surface area contributed by atoms with Crippen molar-refractivity contribution < 1.29 is 4.79 Å². The Kier molecular flexibility index (Phi) is 4.91. The van der Waals surface area contributed by atoms with E-state index in [9.17, 15) is 4.79 Å². The van der Waals surface area contributed by atoms with Crippen molar-refractivity contribution in [1.82, 2.24) is 10.3 Å². The van der Waals surface area contributed by atoms with Crippen molar-refractivity contribution in [3.8, 4) is 0 Å². The van der Waals surface area contributed by atoms with E-state index >= 15 is 0 Å². The largest absolute Gasteiger partial charge is 0.350 e. The molecule has 3 N–H and O–H groups in total. The van der Waals surface area contributed by atoms with Crippen molar-refractivity contribution in [2.45, 2.75) is 33.2 Å². The Morgan fingerprint density at radius 3 is 2.76 bits per heavy atom. The Bertz CT molecular complexity index is 637. The number of carbonyl (C=O) groups excluding carboxylic acids is 1. The van der Waals surface area contributed by atoms with E-state index in [2.05, 4.69) is 24.1 Å². The average Bonchev–Trinajstić information content (AvgIpc) is 2.43. The number of nitrogens with one attached hydrogen (secondary N) is 1. The van der Waals surface area contributed by atoms with Crippen LogP contribution in [0.5, 0.6) is 0 Å². The van der Waals surface area contributed by atoms with Crippen LogP contribution in [0.1, 0.15) is 36.3 Å². The lowest BCUT2D eigenvalue weighted by Gasteiger charge is -2.15. The molecule has 0 bridgehead atoms. The molecule has 1 amide bonds. The number of para-hydroxylation sites is 1. The van der Waals surface area contributed by atoms with Crippen LogP contribution in [0.3, 0.4) is 0 Å². The Labute approximate surface area is 125 Å². The van der Waals surface area contributed by atoms with Crippen molar-refractivity contribution in [3.63, 3.8) is 0 Å². The predicted molar refractivity (Wildman–Crippen MR) is 86.2 cm³/mol. The maximum atomic E-state index is 12.4. The number of nitrogens with two attached hydrogens (primary N) is 1. The van der Waals surface area contributed by atoms with Gasteiger partial charge >= 0.3 is 0 Å².